The number of hydrogen-bond donors (Lipinski definition) is 1. The molecule has 8 heteroatoms. The van der Waals surface area contributed by atoms with Crippen LogP contribution in [-0.4, -0.2) is 28.8 Å². The summed E-state index contributed by atoms with van der Waals surface area (Å²) in [4.78, 5) is 24.6. The van der Waals surface area contributed by atoms with Crippen molar-refractivity contribution in [3.05, 3.63) is 45.6 Å². The zero-order chi connectivity index (χ0) is 18.1. The molecule has 0 saturated heterocycles. The van der Waals surface area contributed by atoms with Crippen LogP contribution in [0.5, 0.6) is 0 Å². The molecule has 0 saturated carbocycles. The molecule has 25 heavy (non-hydrogen) atoms. The molecule has 1 aromatic carbocycles. The number of hydrogen-bond acceptors (Lipinski definition) is 5. The SMILES string of the molecule is CCn1cc(C(=O)Nc2ccc3c(Cl)c(C(=O)OC)sc3c2)c(C)n1. The molecule has 3 rings (SSSR count). The fourth-order valence-electron chi connectivity index (χ4n) is 2.47. The molecular formula is C17H16ClN3O3S. The lowest BCUT2D eigenvalue weighted by Crippen LogP contribution is -2.12. The van der Waals surface area contributed by atoms with Gasteiger partial charge in [-0.3, -0.25) is 9.48 Å². The molecule has 0 unspecified atom stereocenters. The molecule has 0 spiro atoms. The number of methoxy groups -OCH3 is 1. The Morgan fingerprint density at radius 2 is 2.16 bits per heavy atom. The summed E-state index contributed by atoms with van der Waals surface area (Å²) < 4.78 is 7.25. The largest absolute Gasteiger partial charge is 0.465 e. The first kappa shape index (κ1) is 17.4. The second-order valence-electron chi connectivity index (χ2n) is 5.39. The van der Waals surface area contributed by atoms with E-state index in [-0.39, 0.29) is 5.91 Å². The Bertz CT molecular complexity index is 977. The van der Waals surface area contributed by atoms with Gasteiger partial charge in [-0.05, 0) is 32.0 Å². The summed E-state index contributed by atoms with van der Waals surface area (Å²) in [5.74, 6) is -0.702. The highest BCUT2D eigenvalue weighted by Gasteiger charge is 2.18. The maximum atomic E-state index is 12.5. The van der Waals surface area contributed by atoms with Gasteiger partial charge in [0.25, 0.3) is 5.91 Å². The molecule has 0 aliphatic heterocycles. The molecule has 0 bridgehead atoms. The van der Waals surface area contributed by atoms with Gasteiger partial charge in [0.2, 0.25) is 0 Å². The minimum Gasteiger partial charge on any atom is -0.465 e. The molecule has 130 valence electrons. The Labute approximate surface area is 153 Å². The number of nitrogens with zero attached hydrogens (tertiary/aromatic N) is 2. The number of benzene rings is 1. The molecule has 3 aromatic rings. The molecule has 1 N–H and O–H groups in total. The fraction of sp³-hybridized carbons (Fsp3) is 0.235. The zero-order valence-electron chi connectivity index (χ0n) is 13.9. The van der Waals surface area contributed by atoms with E-state index in [0.717, 1.165) is 10.1 Å². The Morgan fingerprint density at radius 3 is 2.80 bits per heavy atom. The van der Waals surface area contributed by atoms with E-state index in [1.165, 1.54) is 18.4 Å². The number of esters is 1. The lowest BCUT2D eigenvalue weighted by molar-refractivity contribution is 0.0606. The van der Waals surface area contributed by atoms with Crippen LogP contribution >= 0.6 is 22.9 Å². The van der Waals surface area contributed by atoms with Gasteiger partial charge in [-0.1, -0.05) is 11.6 Å². The lowest BCUT2D eigenvalue weighted by atomic mass is 10.2. The van der Waals surface area contributed by atoms with Crippen molar-refractivity contribution in [2.75, 3.05) is 12.4 Å². The summed E-state index contributed by atoms with van der Waals surface area (Å²) >= 11 is 7.47. The average Bonchev–Trinajstić information content (AvgIpc) is 3.14. The summed E-state index contributed by atoms with van der Waals surface area (Å²) in [6.45, 7) is 4.46. The van der Waals surface area contributed by atoms with Crippen LogP contribution in [0, 0.1) is 6.92 Å². The van der Waals surface area contributed by atoms with Crippen LogP contribution in [0.4, 0.5) is 5.69 Å². The van der Waals surface area contributed by atoms with Crippen LogP contribution in [0.15, 0.2) is 24.4 Å². The van der Waals surface area contributed by atoms with Crippen molar-refractivity contribution in [1.82, 2.24) is 9.78 Å². The number of nitrogens with one attached hydrogen (secondary N) is 1. The lowest BCUT2D eigenvalue weighted by Gasteiger charge is -2.04. The third kappa shape index (κ3) is 3.25. The van der Waals surface area contributed by atoms with Crippen LogP contribution in [0.2, 0.25) is 5.02 Å². The predicted molar refractivity (Wildman–Crippen MR) is 98.8 cm³/mol. The van der Waals surface area contributed by atoms with Gasteiger partial charge in [-0.15, -0.1) is 11.3 Å². The quantitative estimate of drug-likeness (QED) is 0.694. The normalized spacial score (nSPS) is 10.9. The fourth-order valence-corrected chi connectivity index (χ4v) is 3.93. The van der Waals surface area contributed by atoms with Crippen LogP contribution in [0.25, 0.3) is 10.1 Å². The number of aryl methyl sites for hydroxylation is 2. The number of fused-ring (bicyclic) bond motifs is 1. The van der Waals surface area contributed by atoms with Crippen LogP contribution in [0.1, 0.15) is 32.6 Å². The minimum atomic E-state index is -0.473. The van der Waals surface area contributed by atoms with Gasteiger partial charge in [-0.25, -0.2) is 4.79 Å². The first-order valence-corrected chi connectivity index (χ1v) is 8.79. The summed E-state index contributed by atoms with van der Waals surface area (Å²) in [6.07, 6.45) is 1.72. The van der Waals surface area contributed by atoms with E-state index in [1.54, 1.807) is 36.0 Å². The molecule has 0 aliphatic rings. The van der Waals surface area contributed by atoms with Crippen molar-refractivity contribution in [1.29, 1.82) is 0 Å². The number of anilines is 1. The number of thiophene rings is 1. The highest BCUT2D eigenvalue weighted by atomic mass is 35.5. The van der Waals surface area contributed by atoms with Crippen LogP contribution < -0.4 is 5.32 Å². The Hall–Kier alpha value is -2.38. The first-order chi connectivity index (χ1) is 11.9. The molecule has 0 radical (unpaired) electrons. The monoisotopic (exact) mass is 377 g/mol. The van der Waals surface area contributed by atoms with Crippen molar-refractivity contribution in [2.45, 2.75) is 20.4 Å². The summed E-state index contributed by atoms with van der Waals surface area (Å²) in [7, 11) is 1.31. The maximum absolute atomic E-state index is 12.5. The molecule has 1 amide bonds. The number of amides is 1. The summed E-state index contributed by atoms with van der Waals surface area (Å²) in [5.41, 5.74) is 1.82. The number of carbonyl (C=O) groups is 2. The van der Waals surface area contributed by atoms with E-state index in [1.807, 2.05) is 6.92 Å². The van der Waals surface area contributed by atoms with Gasteiger partial charge in [0.05, 0.1) is 23.4 Å². The zero-order valence-corrected chi connectivity index (χ0v) is 15.5. The van der Waals surface area contributed by atoms with E-state index in [2.05, 4.69) is 10.4 Å². The topological polar surface area (TPSA) is 73.2 Å². The summed E-state index contributed by atoms with van der Waals surface area (Å²) in [5, 5.41) is 8.25. The third-order valence-electron chi connectivity index (χ3n) is 3.77. The first-order valence-electron chi connectivity index (χ1n) is 7.60. The predicted octanol–water partition coefficient (Wildman–Crippen LogP) is 4.12. The van der Waals surface area contributed by atoms with Gasteiger partial charge in [0.1, 0.15) is 4.88 Å². The molecule has 2 aromatic heterocycles. The molecule has 0 fully saturated rings. The maximum Gasteiger partial charge on any atom is 0.349 e. The van der Waals surface area contributed by atoms with Crippen LogP contribution in [-0.2, 0) is 11.3 Å². The Balaban J connectivity index is 1.90. The van der Waals surface area contributed by atoms with Gasteiger partial charge < -0.3 is 10.1 Å². The molecule has 0 aliphatic carbocycles. The van der Waals surface area contributed by atoms with Crippen molar-refractivity contribution in [3.63, 3.8) is 0 Å². The van der Waals surface area contributed by atoms with Crippen molar-refractivity contribution >= 4 is 50.6 Å². The Kier molecular flexibility index (Phi) is 4.78. The minimum absolute atomic E-state index is 0.229. The number of carbonyl (C=O) groups excluding carboxylic acids is 2. The van der Waals surface area contributed by atoms with Crippen molar-refractivity contribution in [2.24, 2.45) is 0 Å². The standard InChI is InChI=1S/C17H16ClN3O3S/c1-4-21-8-12(9(2)20-21)16(22)19-10-5-6-11-13(7-10)25-15(14(11)18)17(23)24-3/h5-8H,4H2,1-3H3,(H,19,22). The molecule has 2 heterocycles. The van der Waals surface area contributed by atoms with Gasteiger partial charge in [0.15, 0.2) is 0 Å². The van der Waals surface area contributed by atoms with Crippen LogP contribution in [0.3, 0.4) is 0 Å². The number of rotatable bonds is 4. The second-order valence-corrected chi connectivity index (χ2v) is 6.82. The van der Waals surface area contributed by atoms with E-state index in [4.69, 9.17) is 16.3 Å². The van der Waals surface area contributed by atoms with E-state index in [0.29, 0.717) is 33.4 Å². The summed E-state index contributed by atoms with van der Waals surface area (Å²) in [6, 6.07) is 5.31. The highest BCUT2D eigenvalue weighted by molar-refractivity contribution is 7.21. The number of ether oxygens (including phenoxy) is 1. The van der Waals surface area contributed by atoms with Crippen molar-refractivity contribution in [3.8, 4) is 0 Å². The highest BCUT2D eigenvalue weighted by Crippen LogP contribution is 2.37. The van der Waals surface area contributed by atoms with Gasteiger partial charge >= 0.3 is 5.97 Å². The van der Waals surface area contributed by atoms with E-state index < -0.39 is 5.97 Å². The average molecular weight is 378 g/mol. The smallest absolute Gasteiger partial charge is 0.349 e. The number of aromatic nitrogens is 2. The molecule has 0 atom stereocenters. The molecular weight excluding hydrogens is 362 g/mol. The molecule has 6 nitrogen and oxygen atoms in total. The van der Waals surface area contributed by atoms with E-state index in [9.17, 15) is 9.59 Å². The number of halogens is 1. The van der Waals surface area contributed by atoms with Gasteiger partial charge in [-0.2, -0.15) is 5.10 Å². The third-order valence-corrected chi connectivity index (χ3v) is 5.41. The van der Waals surface area contributed by atoms with Gasteiger partial charge in [0, 0.05) is 28.5 Å². The second kappa shape index (κ2) is 6.85. The van der Waals surface area contributed by atoms with Crippen molar-refractivity contribution < 1.29 is 14.3 Å². The van der Waals surface area contributed by atoms with E-state index >= 15 is 0 Å². The Morgan fingerprint density at radius 1 is 1.40 bits per heavy atom.